The van der Waals surface area contributed by atoms with Gasteiger partial charge in [0.1, 0.15) is 0 Å². The first-order chi connectivity index (χ1) is 12.7. The van der Waals surface area contributed by atoms with E-state index in [1.807, 2.05) is 0 Å². The number of aromatic amines is 1. The number of rotatable bonds is 1. The molecule has 0 radical (unpaired) electrons. The van der Waals surface area contributed by atoms with Crippen LogP contribution < -0.4 is 0 Å². The molecular weight excluding hydrogens is 326 g/mol. The summed E-state index contributed by atoms with van der Waals surface area (Å²) in [6, 6.07) is 22.3. The molecule has 138 valence electrons. The standard InChI is InChI=1S/C26H29N/c1-25(2,3)17-14-15-22(26(4,5)6)21(16-17)20-12-9-11-19-18-10-7-8-13-23(18)27-24(19)20/h7-16,27H,1-6H3. The lowest BCUT2D eigenvalue weighted by Crippen LogP contribution is -2.16. The summed E-state index contributed by atoms with van der Waals surface area (Å²) in [6.45, 7) is 13.8. The van der Waals surface area contributed by atoms with Crippen LogP contribution in [0.4, 0.5) is 0 Å². The van der Waals surface area contributed by atoms with Crippen LogP contribution in [0.1, 0.15) is 52.7 Å². The van der Waals surface area contributed by atoms with Crippen LogP contribution in [0.2, 0.25) is 0 Å². The second-order valence-electron chi connectivity index (χ2n) is 9.66. The van der Waals surface area contributed by atoms with E-state index in [9.17, 15) is 0 Å². The van der Waals surface area contributed by atoms with Gasteiger partial charge in [-0.05, 0) is 33.6 Å². The topological polar surface area (TPSA) is 15.8 Å². The van der Waals surface area contributed by atoms with E-state index in [-0.39, 0.29) is 10.8 Å². The fourth-order valence-electron chi connectivity index (χ4n) is 3.99. The van der Waals surface area contributed by atoms with Crippen molar-refractivity contribution in [3.05, 3.63) is 71.8 Å². The zero-order valence-electron chi connectivity index (χ0n) is 17.3. The van der Waals surface area contributed by atoms with Gasteiger partial charge < -0.3 is 4.98 Å². The van der Waals surface area contributed by atoms with Gasteiger partial charge in [0.2, 0.25) is 0 Å². The highest BCUT2D eigenvalue weighted by Gasteiger charge is 2.23. The quantitative estimate of drug-likeness (QED) is 0.362. The average molecular weight is 356 g/mol. The van der Waals surface area contributed by atoms with Crippen LogP contribution in [0, 0.1) is 0 Å². The van der Waals surface area contributed by atoms with Gasteiger partial charge in [0.15, 0.2) is 0 Å². The lowest BCUT2D eigenvalue weighted by molar-refractivity contribution is 0.578. The largest absolute Gasteiger partial charge is 0.354 e. The molecule has 0 spiro atoms. The molecule has 0 aliphatic carbocycles. The lowest BCUT2D eigenvalue weighted by Gasteiger charge is -2.27. The Kier molecular flexibility index (Phi) is 3.96. The van der Waals surface area contributed by atoms with Crippen molar-refractivity contribution in [2.45, 2.75) is 52.4 Å². The molecule has 0 fully saturated rings. The molecule has 1 heteroatoms. The Morgan fingerprint density at radius 1 is 0.630 bits per heavy atom. The van der Waals surface area contributed by atoms with Gasteiger partial charge in [-0.2, -0.15) is 0 Å². The summed E-state index contributed by atoms with van der Waals surface area (Å²) in [6.07, 6.45) is 0. The predicted octanol–water partition coefficient (Wildman–Crippen LogP) is 7.58. The summed E-state index contributed by atoms with van der Waals surface area (Å²) in [7, 11) is 0. The van der Waals surface area contributed by atoms with Gasteiger partial charge in [0.25, 0.3) is 0 Å². The molecule has 1 aromatic heterocycles. The number of aromatic nitrogens is 1. The fourth-order valence-corrected chi connectivity index (χ4v) is 3.99. The summed E-state index contributed by atoms with van der Waals surface area (Å²) in [5, 5.41) is 2.59. The second-order valence-corrected chi connectivity index (χ2v) is 9.66. The molecule has 4 rings (SSSR count). The highest BCUT2D eigenvalue weighted by atomic mass is 14.7. The van der Waals surface area contributed by atoms with Crippen LogP contribution in [0.3, 0.4) is 0 Å². The van der Waals surface area contributed by atoms with Crippen molar-refractivity contribution in [2.24, 2.45) is 0 Å². The van der Waals surface area contributed by atoms with Gasteiger partial charge >= 0.3 is 0 Å². The van der Waals surface area contributed by atoms with Crippen molar-refractivity contribution < 1.29 is 0 Å². The molecule has 0 aliphatic heterocycles. The first-order valence-corrected chi connectivity index (χ1v) is 9.81. The first kappa shape index (κ1) is 17.9. The number of fused-ring (bicyclic) bond motifs is 3. The van der Waals surface area contributed by atoms with Crippen molar-refractivity contribution in [3.63, 3.8) is 0 Å². The number of benzene rings is 3. The van der Waals surface area contributed by atoms with Crippen molar-refractivity contribution in [1.29, 1.82) is 0 Å². The minimum atomic E-state index is 0.0833. The van der Waals surface area contributed by atoms with Crippen LogP contribution in [0.15, 0.2) is 60.7 Å². The van der Waals surface area contributed by atoms with Crippen LogP contribution in [0.25, 0.3) is 32.9 Å². The molecule has 0 aliphatic rings. The van der Waals surface area contributed by atoms with Crippen molar-refractivity contribution in [3.8, 4) is 11.1 Å². The third-order valence-electron chi connectivity index (χ3n) is 5.53. The van der Waals surface area contributed by atoms with E-state index in [0.29, 0.717) is 0 Å². The SMILES string of the molecule is CC(C)(C)c1ccc(C(C)(C)C)c(-c2cccc3c2[nH]c2ccccc23)c1. The summed E-state index contributed by atoms with van der Waals surface area (Å²) >= 11 is 0. The molecule has 4 aromatic rings. The van der Waals surface area contributed by atoms with Crippen LogP contribution in [-0.2, 0) is 10.8 Å². The predicted molar refractivity (Wildman–Crippen MR) is 119 cm³/mol. The maximum absolute atomic E-state index is 3.68. The molecule has 0 amide bonds. The maximum atomic E-state index is 3.68. The van der Waals surface area contributed by atoms with E-state index in [1.165, 1.54) is 44.1 Å². The number of hydrogen-bond acceptors (Lipinski definition) is 0. The zero-order valence-corrected chi connectivity index (χ0v) is 17.3. The average Bonchev–Trinajstić information content (AvgIpc) is 2.98. The van der Waals surface area contributed by atoms with Crippen LogP contribution >= 0.6 is 0 Å². The molecule has 1 heterocycles. The van der Waals surface area contributed by atoms with Crippen molar-refractivity contribution >= 4 is 21.8 Å². The summed E-state index contributed by atoms with van der Waals surface area (Å²) in [5.41, 5.74) is 8.03. The van der Waals surface area contributed by atoms with Crippen LogP contribution in [0.5, 0.6) is 0 Å². The molecule has 0 atom stereocenters. The Morgan fingerprint density at radius 2 is 1.33 bits per heavy atom. The minimum absolute atomic E-state index is 0.0833. The summed E-state index contributed by atoms with van der Waals surface area (Å²) in [5.74, 6) is 0. The van der Waals surface area contributed by atoms with E-state index in [0.717, 1.165) is 0 Å². The van der Waals surface area contributed by atoms with Gasteiger partial charge in [-0.1, -0.05) is 96.1 Å². The maximum Gasteiger partial charge on any atom is 0.0544 e. The Hall–Kier alpha value is -2.54. The van der Waals surface area contributed by atoms with E-state index < -0.39 is 0 Å². The van der Waals surface area contributed by atoms with Crippen molar-refractivity contribution in [1.82, 2.24) is 4.98 Å². The summed E-state index contributed by atoms with van der Waals surface area (Å²) in [4.78, 5) is 3.68. The molecule has 1 N–H and O–H groups in total. The number of H-pyrrole nitrogens is 1. The number of para-hydroxylation sites is 2. The Bertz CT molecular complexity index is 1130. The Labute approximate surface area is 162 Å². The van der Waals surface area contributed by atoms with Crippen LogP contribution in [-0.4, -0.2) is 4.98 Å². The van der Waals surface area contributed by atoms with E-state index in [4.69, 9.17) is 0 Å². The van der Waals surface area contributed by atoms with Gasteiger partial charge in [-0.3, -0.25) is 0 Å². The molecule has 0 saturated heterocycles. The van der Waals surface area contributed by atoms with Gasteiger partial charge in [0, 0.05) is 21.9 Å². The minimum Gasteiger partial charge on any atom is -0.354 e. The normalized spacial score (nSPS) is 12.8. The second kappa shape index (κ2) is 5.99. The van der Waals surface area contributed by atoms with E-state index in [2.05, 4.69) is 107 Å². The van der Waals surface area contributed by atoms with Crippen molar-refractivity contribution in [2.75, 3.05) is 0 Å². The van der Waals surface area contributed by atoms with Gasteiger partial charge in [0.05, 0.1) is 5.52 Å². The molecule has 0 bridgehead atoms. The zero-order chi connectivity index (χ0) is 19.4. The molecule has 1 nitrogen and oxygen atoms in total. The number of nitrogens with one attached hydrogen (secondary N) is 1. The van der Waals surface area contributed by atoms with Gasteiger partial charge in [-0.15, -0.1) is 0 Å². The monoisotopic (exact) mass is 355 g/mol. The molecule has 27 heavy (non-hydrogen) atoms. The molecular formula is C26H29N. The first-order valence-electron chi connectivity index (χ1n) is 9.81. The Morgan fingerprint density at radius 3 is 2.04 bits per heavy atom. The Balaban J connectivity index is 2.08. The summed E-state index contributed by atoms with van der Waals surface area (Å²) < 4.78 is 0. The highest BCUT2D eigenvalue weighted by Crippen LogP contribution is 2.40. The smallest absolute Gasteiger partial charge is 0.0544 e. The molecule has 3 aromatic carbocycles. The highest BCUT2D eigenvalue weighted by molar-refractivity contribution is 6.12. The lowest BCUT2D eigenvalue weighted by atomic mass is 9.77. The number of hydrogen-bond donors (Lipinski definition) is 1. The van der Waals surface area contributed by atoms with Gasteiger partial charge in [-0.25, -0.2) is 0 Å². The van der Waals surface area contributed by atoms with E-state index >= 15 is 0 Å². The third-order valence-corrected chi connectivity index (χ3v) is 5.53. The fraction of sp³-hybridized carbons (Fsp3) is 0.308. The van der Waals surface area contributed by atoms with E-state index in [1.54, 1.807) is 0 Å². The molecule has 0 saturated carbocycles. The third kappa shape index (κ3) is 3.06. The molecule has 0 unspecified atom stereocenters.